The Morgan fingerprint density at radius 2 is 1.72 bits per heavy atom. The molecule has 2 aromatic carbocycles. The van der Waals surface area contributed by atoms with Crippen LogP contribution in [-0.4, -0.2) is 29.3 Å². The quantitative estimate of drug-likeness (QED) is 0.460. The normalized spacial score (nSPS) is 10.4. The van der Waals surface area contributed by atoms with Gasteiger partial charge in [0.05, 0.1) is 25.0 Å². The summed E-state index contributed by atoms with van der Waals surface area (Å²) in [7, 11) is 0. The van der Waals surface area contributed by atoms with Gasteiger partial charge in [-0.2, -0.15) is 0 Å². The number of nitrogens with one attached hydrogen (secondary N) is 2. The van der Waals surface area contributed by atoms with Gasteiger partial charge in [0.15, 0.2) is 0 Å². The molecular weight excluding hydrogens is 426 g/mol. The first-order valence-electron chi connectivity index (χ1n) is 10.2. The summed E-state index contributed by atoms with van der Waals surface area (Å²) in [6.45, 7) is 2.18. The van der Waals surface area contributed by atoms with Gasteiger partial charge < -0.3 is 15.4 Å². The standard InChI is InChI=1S/C24H25N3O4S/c1-17-7-5-6-10-20(17)27-22(29)14-23-26-19(16-32-23)15-31-24(30)11-12-25-21(28)13-18-8-3-2-4-9-18/h2-10,16H,11-15H2,1H3,(H,25,28)(H,27,29). The van der Waals surface area contributed by atoms with Crippen molar-refractivity contribution in [3.05, 3.63) is 81.8 Å². The van der Waals surface area contributed by atoms with Crippen LogP contribution in [0.3, 0.4) is 0 Å². The highest BCUT2D eigenvalue weighted by Crippen LogP contribution is 2.16. The van der Waals surface area contributed by atoms with Gasteiger partial charge in [0.25, 0.3) is 0 Å². The number of esters is 1. The molecule has 0 saturated carbocycles. The maximum Gasteiger partial charge on any atom is 0.307 e. The molecule has 0 bridgehead atoms. The molecule has 1 heterocycles. The molecule has 2 amide bonds. The number of hydrogen-bond acceptors (Lipinski definition) is 6. The Labute approximate surface area is 190 Å². The Kier molecular flexibility index (Phi) is 8.51. The third kappa shape index (κ3) is 7.63. The van der Waals surface area contributed by atoms with Gasteiger partial charge in [-0.05, 0) is 24.1 Å². The Bertz CT molecular complexity index is 1070. The lowest BCUT2D eigenvalue weighted by molar-refractivity contribution is -0.145. The zero-order valence-corrected chi connectivity index (χ0v) is 18.6. The van der Waals surface area contributed by atoms with Gasteiger partial charge in [0.1, 0.15) is 11.6 Å². The minimum absolute atomic E-state index is 0.0344. The predicted molar refractivity (Wildman–Crippen MR) is 123 cm³/mol. The molecule has 8 heteroatoms. The summed E-state index contributed by atoms with van der Waals surface area (Å²) < 4.78 is 5.21. The van der Waals surface area contributed by atoms with Gasteiger partial charge in [-0.15, -0.1) is 11.3 Å². The van der Waals surface area contributed by atoms with Crippen LogP contribution in [0.25, 0.3) is 0 Å². The number of aryl methyl sites for hydroxylation is 1. The molecule has 0 radical (unpaired) electrons. The van der Waals surface area contributed by atoms with E-state index < -0.39 is 5.97 Å². The van der Waals surface area contributed by atoms with E-state index in [0.717, 1.165) is 16.8 Å². The molecule has 0 spiro atoms. The van der Waals surface area contributed by atoms with E-state index in [1.165, 1.54) is 11.3 Å². The van der Waals surface area contributed by atoms with Crippen molar-refractivity contribution in [3.63, 3.8) is 0 Å². The number of ether oxygens (including phenoxy) is 1. The number of carbonyl (C=O) groups excluding carboxylic acids is 3. The van der Waals surface area contributed by atoms with Gasteiger partial charge in [0, 0.05) is 17.6 Å². The maximum absolute atomic E-state index is 12.2. The molecule has 0 aliphatic carbocycles. The van der Waals surface area contributed by atoms with E-state index in [1.54, 1.807) is 5.38 Å². The van der Waals surface area contributed by atoms with Gasteiger partial charge in [-0.1, -0.05) is 48.5 Å². The number of nitrogens with zero attached hydrogens (tertiary/aromatic N) is 1. The van der Waals surface area contributed by atoms with Crippen molar-refractivity contribution >= 4 is 34.8 Å². The van der Waals surface area contributed by atoms with Crippen LogP contribution in [0.1, 0.15) is 28.2 Å². The zero-order valence-electron chi connectivity index (χ0n) is 17.8. The maximum atomic E-state index is 12.2. The number of benzene rings is 2. The summed E-state index contributed by atoms with van der Waals surface area (Å²) in [6.07, 6.45) is 0.506. The molecule has 1 aromatic heterocycles. The first kappa shape index (κ1) is 23.1. The summed E-state index contributed by atoms with van der Waals surface area (Å²) in [5.41, 5.74) is 3.28. The minimum atomic E-state index is -0.420. The van der Waals surface area contributed by atoms with Crippen molar-refractivity contribution in [3.8, 4) is 0 Å². The van der Waals surface area contributed by atoms with Crippen LogP contribution in [0.5, 0.6) is 0 Å². The molecule has 2 N–H and O–H groups in total. The van der Waals surface area contributed by atoms with Crippen molar-refractivity contribution in [2.75, 3.05) is 11.9 Å². The number of rotatable bonds is 10. The van der Waals surface area contributed by atoms with E-state index >= 15 is 0 Å². The highest BCUT2D eigenvalue weighted by Gasteiger charge is 2.11. The second kappa shape index (κ2) is 11.8. The number of para-hydroxylation sites is 1. The van der Waals surface area contributed by atoms with Gasteiger partial charge in [-0.3, -0.25) is 14.4 Å². The summed E-state index contributed by atoms with van der Waals surface area (Å²) in [6, 6.07) is 17.0. The van der Waals surface area contributed by atoms with Crippen molar-refractivity contribution in [2.24, 2.45) is 0 Å². The molecule has 0 unspecified atom stereocenters. The Balaban J connectivity index is 1.34. The summed E-state index contributed by atoms with van der Waals surface area (Å²) in [4.78, 5) is 40.4. The number of thiazole rings is 1. The fourth-order valence-electron chi connectivity index (χ4n) is 2.92. The van der Waals surface area contributed by atoms with Gasteiger partial charge in [-0.25, -0.2) is 4.98 Å². The lowest BCUT2D eigenvalue weighted by atomic mass is 10.1. The van der Waals surface area contributed by atoms with Crippen LogP contribution in [0.15, 0.2) is 60.0 Å². The largest absolute Gasteiger partial charge is 0.459 e. The Hall–Kier alpha value is -3.52. The number of hydrogen-bond donors (Lipinski definition) is 2. The third-order valence-electron chi connectivity index (χ3n) is 4.57. The van der Waals surface area contributed by atoms with Gasteiger partial charge >= 0.3 is 5.97 Å². The van der Waals surface area contributed by atoms with E-state index in [4.69, 9.17) is 4.74 Å². The van der Waals surface area contributed by atoms with E-state index in [-0.39, 0.29) is 44.2 Å². The van der Waals surface area contributed by atoms with Crippen molar-refractivity contribution in [1.29, 1.82) is 0 Å². The fraction of sp³-hybridized carbons (Fsp3) is 0.250. The summed E-state index contributed by atoms with van der Waals surface area (Å²) >= 11 is 1.35. The number of aromatic nitrogens is 1. The Morgan fingerprint density at radius 3 is 2.50 bits per heavy atom. The zero-order chi connectivity index (χ0) is 22.8. The molecule has 32 heavy (non-hydrogen) atoms. The molecule has 0 fully saturated rings. The lowest BCUT2D eigenvalue weighted by Crippen LogP contribution is -2.27. The SMILES string of the molecule is Cc1ccccc1NC(=O)Cc1nc(COC(=O)CCNC(=O)Cc2ccccc2)cs1. The summed E-state index contributed by atoms with van der Waals surface area (Å²) in [5.74, 6) is -0.711. The first-order chi connectivity index (χ1) is 15.5. The molecule has 0 atom stereocenters. The van der Waals surface area contributed by atoms with Crippen molar-refractivity contribution in [1.82, 2.24) is 10.3 Å². The van der Waals surface area contributed by atoms with Crippen LogP contribution < -0.4 is 10.6 Å². The fourth-order valence-corrected chi connectivity index (χ4v) is 3.69. The Morgan fingerprint density at radius 1 is 0.969 bits per heavy atom. The smallest absolute Gasteiger partial charge is 0.307 e. The molecule has 7 nitrogen and oxygen atoms in total. The minimum Gasteiger partial charge on any atom is -0.459 e. The van der Waals surface area contributed by atoms with Crippen molar-refractivity contribution < 1.29 is 19.1 Å². The number of amides is 2. The van der Waals surface area contributed by atoms with E-state index in [9.17, 15) is 14.4 Å². The molecule has 3 rings (SSSR count). The van der Waals surface area contributed by atoms with Crippen LogP contribution >= 0.6 is 11.3 Å². The van der Waals surface area contributed by atoms with Crippen molar-refractivity contribution in [2.45, 2.75) is 32.8 Å². The second-order valence-electron chi connectivity index (χ2n) is 7.20. The molecule has 166 valence electrons. The first-order valence-corrected chi connectivity index (χ1v) is 11.1. The second-order valence-corrected chi connectivity index (χ2v) is 8.14. The van der Waals surface area contributed by atoms with Crippen LogP contribution in [-0.2, 0) is 38.6 Å². The molecule has 0 saturated heterocycles. The third-order valence-corrected chi connectivity index (χ3v) is 5.47. The van der Waals surface area contributed by atoms with E-state index in [1.807, 2.05) is 61.5 Å². The number of carbonyl (C=O) groups is 3. The molecule has 0 aliphatic heterocycles. The van der Waals surface area contributed by atoms with Crippen LogP contribution in [0.4, 0.5) is 5.69 Å². The van der Waals surface area contributed by atoms with Crippen LogP contribution in [0.2, 0.25) is 0 Å². The lowest BCUT2D eigenvalue weighted by Gasteiger charge is -2.07. The number of anilines is 1. The average molecular weight is 452 g/mol. The monoisotopic (exact) mass is 451 g/mol. The predicted octanol–water partition coefficient (Wildman–Crippen LogP) is 3.42. The highest BCUT2D eigenvalue weighted by atomic mass is 32.1. The summed E-state index contributed by atoms with van der Waals surface area (Å²) in [5, 5.41) is 8.00. The molecule has 0 aliphatic rings. The highest BCUT2D eigenvalue weighted by molar-refractivity contribution is 7.09. The van der Waals surface area contributed by atoms with Gasteiger partial charge in [0.2, 0.25) is 11.8 Å². The molecule has 3 aromatic rings. The molecular formula is C24H25N3O4S. The van der Waals surface area contributed by atoms with E-state index in [0.29, 0.717) is 10.7 Å². The van der Waals surface area contributed by atoms with E-state index in [2.05, 4.69) is 15.6 Å². The average Bonchev–Trinajstić information content (AvgIpc) is 3.22. The van der Waals surface area contributed by atoms with Crippen LogP contribution in [0, 0.1) is 6.92 Å². The topological polar surface area (TPSA) is 97.4 Å².